The molecular formula is C20H28N4O3. The van der Waals surface area contributed by atoms with Crippen LogP contribution in [0, 0.1) is 11.8 Å². The van der Waals surface area contributed by atoms with Gasteiger partial charge >= 0.3 is 0 Å². The van der Waals surface area contributed by atoms with Crippen molar-refractivity contribution >= 4 is 11.8 Å². The number of nitrogens with zero attached hydrogens (tertiary/aromatic N) is 4. The fourth-order valence-electron chi connectivity index (χ4n) is 4.67. The summed E-state index contributed by atoms with van der Waals surface area (Å²) >= 11 is 0. The van der Waals surface area contributed by atoms with Gasteiger partial charge in [0.05, 0.1) is 31.0 Å². The van der Waals surface area contributed by atoms with Gasteiger partial charge in [-0.3, -0.25) is 9.59 Å². The molecule has 2 fully saturated rings. The predicted molar refractivity (Wildman–Crippen MR) is 99.6 cm³/mol. The number of hydrogen-bond acceptors (Lipinski definition) is 4. The molecule has 3 aliphatic rings. The highest BCUT2D eigenvalue weighted by Gasteiger charge is 2.68. The molecule has 3 aliphatic heterocycles. The number of ether oxygens (including phenoxy) is 1. The Morgan fingerprint density at radius 2 is 2.19 bits per heavy atom. The van der Waals surface area contributed by atoms with Crippen LogP contribution in [0.3, 0.4) is 0 Å². The Kier molecular flexibility index (Phi) is 4.00. The van der Waals surface area contributed by atoms with Crippen LogP contribution in [0.2, 0.25) is 0 Å². The van der Waals surface area contributed by atoms with Gasteiger partial charge in [0.1, 0.15) is 11.4 Å². The maximum atomic E-state index is 13.3. The third-order valence-electron chi connectivity index (χ3n) is 6.09. The summed E-state index contributed by atoms with van der Waals surface area (Å²) < 4.78 is 8.22. The van der Waals surface area contributed by atoms with Gasteiger partial charge in [0.15, 0.2) is 0 Å². The molecule has 0 radical (unpaired) electrons. The first-order valence-electron chi connectivity index (χ1n) is 9.61. The summed E-state index contributed by atoms with van der Waals surface area (Å²) in [6.07, 6.45) is 7.30. The van der Waals surface area contributed by atoms with Crippen molar-refractivity contribution in [3.63, 3.8) is 0 Å². The maximum absolute atomic E-state index is 13.3. The van der Waals surface area contributed by atoms with Crippen molar-refractivity contribution in [3.05, 3.63) is 30.4 Å². The predicted octanol–water partition coefficient (Wildman–Crippen LogP) is 1.44. The molecule has 4 atom stereocenters. The lowest BCUT2D eigenvalue weighted by Gasteiger charge is -2.34. The summed E-state index contributed by atoms with van der Waals surface area (Å²) in [5, 5.41) is 0. The minimum absolute atomic E-state index is 0.0242. The molecule has 0 unspecified atom stereocenters. The van der Waals surface area contributed by atoms with Crippen LogP contribution in [0.4, 0.5) is 0 Å². The van der Waals surface area contributed by atoms with Crippen molar-refractivity contribution in [1.29, 1.82) is 0 Å². The van der Waals surface area contributed by atoms with Crippen molar-refractivity contribution in [1.82, 2.24) is 19.4 Å². The zero-order chi connectivity index (χ0) is 19.6. The molecule has 4 heterocycles. The molecule has 0 N–H and O–H groups in total. The minimum atomic E-state index is -0.655. The average molecular weight is 372 g/mol. The van der Waals surface area contributed by atoms with E-state index in [-0.39, 0.29) is 23.5 Å². The molecule has 1 aromatic heterocycles. The van der Waals surface area contributed by atoms with Gasteiger partial charge in [0, 0.05) is 31.5 Å². The van der Waals surface area contributed by atoms with Crippen LogP contribution in [-0.2, 0) is 27.4 Å². The average Bonchev–Trinajstić information content (AvgIpc) is 3.34. The topological polar surface area (TPSA) is 67.7 Å². The Balaban J connectivity index is 1.58. The summed E-state index contributed by atoms with van der Waals surface area (Å²) in [5.41, 5.74) is -0.949. The van der Waals surface area contributed by atoms with Crippen molar-refractivity contribution in [2.45, 2.75) is 58.0 Å². The molecular weight excluding hydrogens is 344 g/mol. The molecule has 2 saturated heterocycles. The van der Waals surface area contributed by atoms with E-state index in [0.717, 1.165) is 12.4 Å². The fraction of sp³-hybridized carbons (Fsp3) is 0.650. The second-order valence-electron chi connectivity index (χ2n) is 8.82. The van der Waals surface area contributed by atoms with E-state index in [9.17, 15) is 9.59 Å². The Labute approximate surface area is 160 Å². The maximum Gasteiger partial charge on any atom is 0.230 e. The van der Waals surface area contributed by atoms with Crippen LogP contribution in [0.15, 0.2) is 24.5 Å². The molecule has 4 rings (SSSR count). The van der Waals surface area contributed by atoms with Crippen molar-refractivity contribution in [2.75, 3.05) is 13.6 Å². The number of hydrogen-bond donors (Lipinski definition) is 0. The highest BCUT2D eigenvalue weighted by Crippen LogP contribution is 2.53. The zero-order valence-corrected chi connectivity index (χ0v) is 16.7. The van der Waals surface area contributed by atoms with Crippen LogP contribution in [0.5, 0.6) is 0 Å². The van der Waals surface area contributed by atoms with Gasteiger partial charge in [0.25, 0.3) is 0 Å². The van der Waals surface area contributed by atoms with Crippen molar-refractivity contribution in [3.8, 4) is 0 Å². The second kappa shape index (κ2) is 5.92. The van der Waals surface area contributed by atoms with Crippen LogP contribution in [-0.4, -0.2) is 62.0 Å². The van der Waals surface area contributed by atoms with Gasteiger partial charge in [-0.05, 0) is 27.7 Å². The van der Waals surface area contributed by atoms with Gasteiger partial charge in [-0.1, -0.05) is 12.2 Å². The van der Waals surface area contributed by atoms with E-state index in [0.29, 0.717) is 13.1 Å². The summed E-state index contributed by atoms with van der Waals surface area (Å²) in [7, 11) is 1.78. The Morgan fingerprint density at radius 3 is 2.85 bits per heavy atom. The molecule has 2 amide bonds. The van der Waals surface area contributed by atoms with Gasteiger partial charge in [0.2, 0.25) is 11.8 Å². The molecule has 146 valence electrons. The SMILES string of the molecule is CCn1ccnc1CN(C)C(=O)[C@H]1[C@@H]2C=C[C@@]3(CN(C(C)(C)C)C(=O)[C@H]13)O2. The second-order valence-corrected chi connectivity index (χ2v) is 8.82. The summed E-state index contributed by atoms with van der Waals surface area (Å²) in [6, 6.07) is 0. The first-order chi connectivity index (χ1) is 12.7. The number of amides is 2. The third-order valence-corrected chi connectivity index (χ3v) is 6.09. The Bertz CT molecular complexity index is 808. The van der Waals surface area contributed by atoms with Crippen LogP contribution in [0.25, 0.3) is 0 Å². The van der Waals surface area contributed by atoms with Gasteiger partial charge in [-0.15, -0.1) is 0 Å². The quantitative estimate of drug-likeness (QED) is 0.750. The van der Waals surface area contributed by atoms with Gasteiger partial charge in [-0.25, -0.2) is 4.98 Å². The van der Waals surface area contributed by atoms with Gasteiger partial charge in [-0.2, -0.15) is 0 Å². The van der Waals surface area contributed by atoms with E-state index in [1.807, 2.05) is 55.5 Å². The standard InChI is InChI=1S/C20H28N4O3/c1-6-23-10-9-21-14(23)11-22(5)17(25)15-13-7-8-20(27-13)12-24(19(2,3)4)18(26)16(15)20/h7-10,13,15-16H,6,11-12H2,1-5H3/t13-,15-,16-,20-/m0/s1. The largest absolute Gasteiger partial charge is 0.360 e. The van der Waals surface area contributed by atoms with E-state index < -0.39 is 17.4 Å². The van der Waals surface area contributed by atoms with E-state index in [1.54, 1.807) is 18.1 Å². The number of fused-ring (bicyclic) bond motifs is 1. The van der Waals surface area contributed by atoms with Crippen molar-refractivity contribution in [2.24, 2.45) is 11.8 Å². The van der Waals surface area contributed by atoms with Crippen LogP contribution < -0.4 is 0 Å². The number of likely N-dealkylation sites (tertiary alicyclic amines) is 1. The lowest BCUT2D eigenvalue weighted by atomic mass is 9.76. The Morgan fingerprint density at radius 1 is 1.44 bits per heavy atom. The summed E-state index contributed by atoms with van der Waals surface area (Å²) in [4.78, 5) is 34.4. The van der Waals surface area contributed by atoms with E-state index >= 15 is 0 Å². The summed E-state index contributed by atoms with van der Waals surface area (Å²) in [5.74, 6) is -0.0867. The molecule has 7 heteroatoms. The number of imidazole rings is 1. The molecule has 0 saturated carbocycles. The van der Waals surface area contributed by atoms with Crippen molar-refractivity contribution < 1.29 is 14.3 Å². The Hall–Kier alpha value is -2.15. The molecule has 1 aromatic rings. The lowest BCUT2D eigenvalue weighted by molar-refractivity contribution is -0.144. The van der Waals surface area contributed by atoms with Crippen LogP contribution in [0.1, 0.15) is 33.5 Å². The molecule has 0 aliphatic carbocycles. The highest BCUT2D eigenvalue weighted by molar-refractivity contribution is 5.93. The number of carbonyl (C=O) groups is 2. The number of aryl methyl sites for hydroxylation is 1. The number of carbonyl (C=O) groups excluding carboxylic acids is 2. The van der Waals surface area contributed by atoms with Gasteiger partial charge < -0.3 is 19.1 Å². The monoisotopic (exact) mass is 372 g/mol. The minimum Gasteiger partial charge on any atom is -0.360 e. The van der Waals surface area contributed by atoms with Crippen LogP contribution >= 0.6 is 0 Å². The zero-order valence-electron chi connectivity index (χ0n) is 16.7. The van der Waals surface area contributed by atoms with E-state index in [1.165, 1.54) is 0 Å². The molecule has 0 aromatic carbocycles. The smallest absolute Gasteiger partial charge is 0.230 e. The first-order valence-corrected chi connectivity index (χ1v) is 9.61. The summed E-state index contributed by atoms with van der Waals surface area (Å²) in [6.45, 7) is 9.85. The normalized spacial score (nSPS) is 31.7. The number of aromatic nitrogens is 2. The molecule has 2 bridgehead atoms. The van der Waals surface area contributed by atoms with E-state index in [2.05, 4.69) is 4.98 Å². The first kappa shape index (κ1) is 18.2. The highest BCUT2D eigenvalue weighted by atomic mass is 16.5. The number of rotatable bonds is 4. The molecule has 27 heavy (non-hydrogen) atoms. The lowest BCUT2D eigenvalue weighted by Crippen LogP contribution is -2.47. The molecule has 1 spiro atoms. The van der Waals surface area contributed by atoms with E-state index in [4.69, 9.17) is 4.74 Å². The fourth-order valence-corrected chi connectivity index (χ4v) is 4.67. The third kappa shape index (κ3) is 2.63. The molecule has 7 nitrogen and oxygen atoms in total.